The third-order valence-electron chi connectivity index (χ3n) is 4.19. The van der Waals surface area contributed by atoms with Crippen LogP contribution in [-0.4, -0.2) is 34.7 Å². The molecule has 0 radical (unpaired) electrons. The van der Waals surface area contributed by atoms with E-state index in [2.05, 4.69) is 5.32 Å². The Bertz CT molecular complexity index is 440. The minimum Gasteiger partial charge on any atom is -0.389 e. The van der Waals surface area contributed by atoms with Crippen LogP contribution in [0, 0.1) is 5.41 Å². The van der Waals surface area contributed by atoms with E-state index in [9.17, 15) is 9.90 Å². The Morgan fingerprint density at radius 1 is 1.53 bits per heavy atom. The van der Waals surface area contributed by atoms with Crippen molar-refractivity contribution in [3.8, 4) is 0 Å². The molecule has 0 aromatic carbocycles. The molecule has 5 heteroatoms. The maximum absolute atomic E-state index is 12.1. The highest BCUT2D eigenvalue weighted by Crippen LogP contribution is 2.38. The third kappa shape index (κ3) is 3.09. The number of thiophene rings is 1. The Labute approximate surface area is 118 Å². The van der Waals surface area contributed by atoms with Gasteiger partial charge in [0.1, 0.15) is 0 Å². The SMILES string of the molecule is CC1(C)CN(C(=O)NCc2cccs2)CC[C@]1(C)O. The van der Waals surface area contributed by atoms with Gasteiger partial charge in [0, 0.05) is 23.4 Å². The minimum atomic E-state index is -0.711. The van der Waals surface area contributed by atoms with Crippen molar-refractivity contribution in [3.63, 3.8) is 0 Å². The van der Waals surface area contributed by atoms with E-state index in [0.717, 1.165) is 4.88 Å². The first-order valence-corrected chi connectivity index (χ1v) is 7.47. The smallest absolute Gasteiger partial charge is 0.317 e. The first-order chi connectivity index (χ1) is 8.82. The number of hydrogen-bond donors (Lipinski definition) is 2. The van der Waals surface area contributed by atoms with Gasteiger partial charge in [-0.2, -0.15) is 0 Å². The van der Waals surface area contributed by atoms with Gasteiger partial charge in [-0.3, -0.25) is 0 Å². The van der Waals surface area contributed by atoms with Crippen LogP contribution < -0.4 is 5.32 Å². The summed E-state index contributed by atoms with van der Waals surface area (Å²) in [7, 11) is 0. The third-order valence-corrected chi connectivity index (χ3v) is 5.07. The fraction of sp³-hybridized carbons (Fsp3) is 0.643. The molecule has 19 heavy (non-hydrogen) atoms. The standard InChI is InChI=1S/C14H22N2O2S/c1-13(2)10-16(7-6-14(13,3)18)12(17)15-9-11-5-4-8-19-11/h4-5,8,18H,6-7,9-10H2,1-3H3,(H,15,17)/t14-/m0/s1. The maximum atomic E-state index is 12.1. The summed E-state index contributed by atoms with van der Waals surface area (Å²) < 4.78 is 0. The Morgan fingerprint density at radius 3 is 2.84 bits per heavy atom. The normalized spacial score (nSPS) is 26.2. The zero-order valence-corrected chi connectivity index (χ0v) is 12.6. The first kappa shape index (κ1) is 14.3. The number of likely N-dealkylation sites (tertiary alicyclic amines) is 1. The van der Waals surface area contributed by atoms with Gasteiger partial charge in [-0.25, -0.2) is 4.79 Å². The second-order valence-corrected chi connectivity index (χ2v) is 7.10. The van der Waals surface area contributed by atoms with Crippen LogP contribution in [0.3, 0.4) is 0 Å². The number of hydrogen-bond acceptors (Lipinski definition) is 3. The summed E-state index contributed by atoms with van der Waals surface area (Å²) in [5.41, 5.74) is -0.997. The van der Waals surface area contributed by atoms with Gasteiger partial charge >= 0.3 is 6.03 Å². The number of nitrogens with one attached hydrogen (secondary N) is 1. The maximum Gasteiger partial charge on any atom is 0.317 e. The van der Waals surface area contributed by atoms with Gasteiger partial charge in [0.25, 0.3) is 0 Å². The lowest BCUT2D eigenvalue weighted by Crippen LogP contribution is -2.58. The monoisotopic (exact) mass is 282 g/mol. The lowest BCUT2D eigenvalue weighted by Gasteiger charge is -2.48. The van der Waals surface area contributed by atoms with Crippen LogP contribution in [-0.2, 0) is 6.54 Å². The van der Waals surface area contributed by atoms with E-state index in [-0.39, 0.29) is 11.4 Å². The molecule has 106 valence electrons. The molecular formula is C14H22N2O2S. The summed E-state index contributed by atoms with van der Waals surface area (Å²) in [6.07, 6.45) is 0.617. The van der Waals surface area contributed by atoms with Crippen LogP contribution in [0.15, 0.2) is 17.5 Å². The fourth-order valence-electron chi connectivity index (χ4n) is 2.28. The number of aliphatic hydroxyl groups is 1. The molecule has 2 N–H and O–H groups in total. The zero-order valence-electron chi connectivity index (χ0n) is 11.8. The number of nitrogens with zero attached hydrogens (tertiary/aromatic N) is 1. The topological polar surface area (TPSA) is 52.6 Å². The predicted molar refractivity (Wildman–Crippen MR) is 77.1 cm³/mol. The van der Waals surface area contributed by atoms with Crippen molar-refractivity contribution in [2.45, 2.75) is 39.3 Å². The Balaban J connectivity index is 1.90. The molecule has 1 saturated heterocycles. The lowest BCUT2D eigenvalue weighted by molar-refractivity contribution is -0.0954. The van der Waals surface area contributed by atoms with Crippen molar-refractivity contribution in [1.82, 2.24) is 10.2 Å². The summed E-state index contributed by atoms with van der Waals surface area (Å²) in [5.74, 6) is 0. The van der Waals surface area contributed by atoms with E-state index >= 15 is 0 Å². The van der Waals surface area contributed by atoms with Gasteiger partial charge in [0.15, 0.2) is 0 Å². The van der Waals surface area contributed by atoms with Crippen molar-refractivity contribution < 1.29 is 9.90 Å². The molecule has 0 aliphatic carbocycles. The van der Waals surface area contributed by atoms with Gasteiger partial charge in [-0.1, -0.05) is 19.9 Å². The summed E-state index contributed by atoms with van der Waals surface area (Å²) in [5, 5.41) is 15.3. The second-order valence-electron chi connectivity index (χ2n) is 6.07. The van der Waals surface area contributed by atoms with Gasteiger partial charge in [0.05, 0.1) is 12.1 Å². The molecule has 1 aromatic heterocycles. The van der Waals surface area contributed by atoms with Gasteiger partial charge in [-0.05, 0) is 24.8 Å². The molecule has 1 aromatic rings. The Morgan fingerprint density at radius 2 is 2.26 bits per heavy atom. The van der Waals surface area contributed by atoms with E-state index in [0.29, 0.717) is 26.1 Å². The Hall–Kier alpha value is -1.07. The highest BCUT2D eigenvalue weighted by atomic mass is 32.1. The summed E-state index contributed by atoms with van der Waals surface area (Å²) in [4.78, 5) is 15.1. The van der Waals surface area contributed by atoms with Gasteiger partial charge < -0.3 is 15.3 Å². The van der Waals surface area contributed by atoms with Crippen LogP contribution in [0.25, 0.3) is 0 Å². The minimum absolute atomic E-state index is 0.0445. The molecule has 4 nitrogen and oxygen atoms in total. The fourth-order valence-corrected chi connectivity index (χ4v) is 2.92. The first-order valence-electron chi connectivity index (χ1n) is 6.59. The molecule has 0 spiro atoms. The van der Waals surface area contributed by atoms with Crippen molar-refractivity contribution in [2.75, 3.05) is 13.1 Å². The molecule has 0 bridgehead atoms. The molecule has 2 amide bonds. The molecule has 0 saturated carbocycles. The number of rotatable bonds is 2. The number of carbonyl (C=O) groups is 1. The van der Waals surface area contributed by atoms with Crippen molar-refractivity contribution in [3.05, 3.63) is 22.4 Å². The van der Waals surface area contributed by atoms with Crippen LogP contribution in [0.1, 0.15) is 32.1 Å². The highest BCUT2D eigenvalue weighted by Gasteiger charge is 2.45. The molecule has 1 fully saturated rings. The molecule has 1 aliphatic heterocycles. The summed E-state index contributed by atoms with van der Waals surface area (Å²) in [6.45, 7) is 7.62. The van der Waals surface area contributed by atoms with Crippen molar-refractivity contribution in [2.24, 2.45) is 5.41 Å². The quantitative estimate of drug-likeness (QED) is 0.875. The summed E-state index contributed by atoms with van der Waals surface area (Å²) in [6, 6.07) is 3.94. The molecular weight excluding hydrogens is 260 g/mol. The molecule has 1 aliphatic rings. The Kier molecular flexibility index (Phi) is 3.87. The average Bonchev–Trinajstić information content (AvgIpc) is 2.82. The largest absolute Gasteiger partial charge is 0.389 e. The van der Waals surface area contributed by atoms with E-state index in [1.165, 1.54) is 0 Å². The van der Waals surface area contributed by atoms with Crippen LogP contribution >= 0.6 is 11.3 Å². The molecule has 2 heterocycles. The number of piperidine rings is 1. The lowest BCUT2D eigenvalue weighted by atomic mass is 9.71. The number of amides is 2. The van der Waals surface area contributed by atoms with Gasteiger partial charge in [-0.15, -0.1) is 11.3 Å². The van der Waals surface area contributed by atoms with Crippen molar-refractivity contribution >= 4 is 17.4 Å². The highest BCUT2D eigenvalue weighted by molar-refractivity contribution is 7.09. The van der Waals surface area contributed by atoms with Crippen LogP contribution in [0.2, 0.25) is 0 Å². The van der Waals surface area contributed by atoms with E-state index in [1.54, 1.807) is 16.2 Å². The molecule has 2 rings (SSSR count). The van der Waals surface area contributed by atoms with Gasteiger partial charge in [0.2, 0.25) is 0 Å². The van der Waals surface area contributed by atoms with E-state index in [1.807, 2.05) is 38.3 Å². The predicted octanol–water partition coefficient (Wildman–Crippen LogP) is 2.44. The zero-order chi connectivity index (χ0) is 14.1. The number of carbonyl (C=O) groups excluding carboxylic acids is 1. The van der Waals surface area contributed by atoms with E-state index in [4.69, 9.17) is 0 Å². The number of urea groups is 1. The molecule has 1 atom stereocenters. The van der Waals surface area contributed by atoms with Crippen LogP contribution in [0.5, 0.6) is 0 Å². The van der Waals surface area contributed by atoms with Crippen molar-refractivity contribution in [1.29, 1.82) is 0 Å². The molecule has 0 unspecified atom stereocenters. The second kappa shape index (κ2) is 5.13. The summed E-state index contributed by atoms with van der Waals surface area (Å²) >= 11 is 1.64. The average molecular weight is 282 g/mol. The van der Waals surface area contributed by atoms with E-state index < -0.39 is 5.60 Å². The van der Waals surface area contributed by atoms with Crippen LogP contribution in [0.4, 0.5) is 4.79 Å².